The third kappa shape index (κ3) is 6.37. The van der Waals surface area contributed by atoms with Crippen LogP contribution in [0.4, 0.5) is 0 Å². The molecule has 30 heavy (non-hydrogen) atoms. The average Bonchev–Trinajstić information content (AvgIpc) is 3.31. The number of nitrogens with zero attached hydrogens (tertiary/aromatic N) is 3. The van der Waals surface area contributed by atoms with Gasteiger partial charge in [0, 0.05) is 0 Å². The Balaban J connectivity index is 2.21. The van der Waals surface area contributed by atoms with Gasteiger partial charge in [-0.25, -0.2) is 0 Å². The molecule has 0 aliphatic heterocycles. The molecule has 4 atom stereocenters. The summed E-state index contributed by atoms with van der Waals surface area (Å²) in [4.78, 5) is 34.4. The van der Waals surface area contributed by atoms with Gasteiger partial charge < -0.3 is 0 Å². The second-order valence-electron chi connectivity index (χ2n) is 10.5. The number of fused-ring (bicyclic) bond motifs is 2. The van der Waals surface area contributed by atoms with Crippen LogP contribution in [0.3, 0.4) is 0 Å². The topological polar surface area (TPSA) is 64.4 Å². The molecule has 4 unspecified atom stereocenters. The van der Waals surface area contributed by atoms with E-state index in [-0.39, 0.29) is 24.2 Å². The molecule has 0 heterocycles. The first-order valence-corrected chi connectivity index (χ1v) is 22.4. The molecular weight excluding hydrogens is 481 g/mol. The van der Waals surface area contributed by atoms with Gasteiger partial charge in [0.15, 0.2) is 0 Å². The average molecular weight is 524 g/mol. The van der Waals surface area contributed by atoms with Crippen LogP contribution in [0.25, 0.3) is 0 Å². The summed E-state index contributed by atoms with van der Waals surface area (Å²) in [7, 11) is 0. The van der Waals surface area contributed by atoms with Crippen LogP contribution in [0.15, 0.2) is 0 Å². The van der Waals surface area contributed by atoms with Crippen molar-refractivity contribution in [1.29, 1.82) is 5.26 Å². The fourth-order valence-electron chi connectivity index (χ4n) is 5.67. The van der Waals surface area contributed by atoms with Crippen molar-refractivity contribution in [2.24, 2.45) is 17.8 Å². The molecule has 0 saturated heterocycles. The molecule has 2 aliphatic carbocycles. The Morgan fingerprint density at radius 1 is 0.967 bits per heavy atom. The van der Waals surface area contributed by atoms with Crippen molar-refractivity contribution >= 4 is 30.2 Å². The Labute approximate surface area is 188 Å². The van der Waals surface area contributed by atoms with Gasteiger partial charge in [0.25, 0.3) is 0 Å². The fraction of sp³-hybridized carbons (Fsp3) is 0.875. The molecule has 0 spiro atoms. The number of hydrogen-bond donors (Lipinski definition) is 0. The van der Waals surface area contributed by atoms with E-state index in [1.165, 1.54) is 12.8 Å². The van der Waals surface area contributed by atoms with Gasteiger partial charge in [-0.1, -0.05) is 0 Å². The second-order valence-corrected chi connectivity index (χ2v) is 26.1. The van der Waals surface area contributed by atoms with E-state index in [2.05, 4.69) is 34.7 Å². The summed E-state index contributed by atoms with van der Waals surface area (Å²) in [5, 5.41) is 12.6. The van der Waals surface area contributed by atoms with Crippen molar-refractivity contribution in [3.05, 3.63) is 0 Å². The molecule has 0 aromatic heterocycles. The molecule has 6 heteroatoms. The molecule has 2 amide bonds. The second kappa shape index (κ2) is 11.7. The maximum atomic E-state index is 13.8. The zero-order valence-corrected chi connectivity index (χ0v) is 22.8. The Bertz CT molecular complexity index is 625. The van der Waals surface area contributed by atoms with Gasteiger partial charge in [0.05, 0.1) is 0 Å². The number of carbonyl (C=O) groups excluding carboxylic acids is 2. The van der Waals surface area contributed by atoms with Gasteiger partial charge in [-0.05, 0) is 0 Å². The molecule has 2 fully saturated rings. The van der Waals surface area contributed by atoms with Gasteiger partial charge in [-0.15, -0.1) is 0 Å². The number of rotatable bonds is 11. The van der Waals surface area contributed by atoms with Gasteiger partial charge >= 0.3 is 189 Å². The molecule has 170 valence electrons. The van der Waals surface area contributed by atoms with Crippen LogP contribution in [-0.2, 0) is 9.59 Å². The van der Waals surface area contributed by atoms with Crippen molar-refractivity contribution in [3.8, 4) is 6.07 Å². The standard InChI is InChI=1S/C21H34N3O2.3CH3.Sn/c1-3-5-7-9-20(25)23(13-6-4-2)24(14-8-12-22)21(26)19-16-17-10-11-18(19)15-17;;;;/h11,17-19H,3-10,13-16H2,1-2H3;3*1H3;. The normalized spacial score (nSPS) is 25.2. The number of carbonyl (C=O) groups is 2. The van der Waals surface area contributed by atoms with E-state index in [4.69, 9.17) is 0 Å². The van der Waals surface area contributed by atoms with Crippen LogP contribution >= 0.6 is 0 Å². The molecule has 0 radical (unpaired) electrons. The SMILES string of the molecule is CCCCCC(=O)N(CCCC)N(CCC#N)C(=O)C1CC2CC1[CH]([Sn]([CH3])([CH3])[CH3])C2. The van der Waals surface area contributed by atoms with E-state index in [1.807, 2.05) is 0 Å². The molecule has 2 bridgehead atoms. The summed E-state index contributed by atoms with van der Waals surface area (Å²) in [6, 6.07) is 2.19. The van der Waals surface area contributed by atoms with E-state index in [1.54, 1.807) is 10.0 Å². The number of amides is 2. The summed E-state index contributed by atoms with van der Waals surface area (Å²) in [6.07, 6.45) is 9.11. The number of nitriles is 1. The molecule has 2 rings (SSSR count). The number of hydrazine groups is 1. The summed E-state index contributed by atoms with van der Waals surface area (Å²) in [5.74, 6) is 1.42. The Hall–Kier alpha value is -0.771. The van der Waals surface area contributed by atoms with E-state index in [0.717, 1.165) is 42.5 Å². The van der Waals surface area contributed by atoms with Crippen molar-refractivity contribution in [3.63, 3.8) is 0 Å². The fourth-order valence-corrected chi connectivity index (χ4v) is 13.4. The van der Waals surface area contributed by atoms with Crippen molar-refractivity contribution in [2.45, 2.75) is 96.8 Å². The minimum atomic E-state index is -2.10. The number of unbranched alkanes of at least 4 members (excludes halogenated alkanes) is 3. The quantitative estimate of drug-likeness (QED) is 0.201. The summed E-state index contributed by atoms with van der Waals surface area (Å²) >= 11 is -2.10. The summed E-state index contributed by atoms with van der Waals surface area (Å²) < 4.78 is 0.772. The van der Waals surface area contributed by atoms with Crippen LogP contribution in [0.2, 0.25) is 18.8 Å². The van der Waals surface area contributed by atoms with Gasteiger partial charge in [-0.2, -0.15) is 0 Å². The first-order chi connectivity index (χ1) is 14.2. The predicted octanol–water partition coefficient (Wildman–Crippen LogP) is 5.61. The molecule has 5 nitrogen and oxygen atoms in total. The van der Waals surface area contributed by atoms with Crippen molar-refractivity contribution < 1.29 is 9.59 Å². The molecular formula is C24H43N3O2Sn. The van der Waals surface area contributed by atoms with Crippen molar-refractivity contribution in [2.75, 3.05) is 13.1 Å². The van der Waals surface area contributed by atoms with Crippen LogP contribution in [0.5, 0.6) is 0 Å². The molecule has 0 aromatic carbocycles. The first-order valence-electron chi connectivity index (χ1n) is 12.2. The van der Waals surface area contributed by atoms with E-state index >= 15 is 0 Å². The van der Waals surface area contributed by atoms with Crippen LogP contribution in [-0.4, -0.2) is 53.3 Å². The summed E-state index contributed by atoms with van der Waals surface area (Å²) in [6.45, 7) is 5.17. The van der Waals surface area contributed by atoms with Crippen LogP contribution in [0.1, 0.15) is 78.1 Å². The Morgan fingerprint density at radius 2 is 1.67 bits per heavy atom. The van der Waals surface area contributed by atoms with E-state index < -0.39 is 18.4 Å². The minimum absolute atomic E-state index is 0.0518. The van der Waals surface area contributed by atoms with Gasteiger partial charge in [0.2, 0.25) is 0 Å². The predicted molar refractivity (Wildman–Crippen MR) is 124 cm³/mol. The van der Waals surface area contributed by atoms with Crippen molar-refractivity contribution in [1.82, 2.24) is 10.0 Å². The molecule has 0 N–H and O–H groups in total. The summed E-state index contributed by atoms with van der Waals surface area (Å²) in [5.41, 5.74) is 0. The Kier molecular flexibility index (Phi) is 9.97. The van der Waals surface area contributed by atoms with E-state index in [0.29, 0.717) is 31.3 Å². The Morgan fingerprint density at radius 3 is 2.23 bits per heavy atom. The number of hydrogen-bond acceptors (Lipinski definition) is 3. The monoisotopic (exact) mass is 525 g/mol. The van der Waals surface area contributed by atoms with Gasteiger partial charge in [0.1, 0.15) is 0 Å². The first kappa shape index (κ1) is 25.5. The molecule has 2 aliphatic rings. The molecule has 2 saturated carbocycles. The third-order valence-corrected chi connectivity index (χ3v) is 15.5. The zero-order valence-electron chi connectivity index (χ0n) is 20.0. The molecule has 0 aromatic rings. The van der Waals surface area contributed by atoms with Gasteiger partial charge in [-0.3, -0.25) is 0 Å². The van der Waals surface area contributed by atoms with Crippen LogP contribution in [0, 0.1) is 29.1 Å². The third-order valence-electron chi connectivity index (χ3n) is 7.23. The maximum absolute atomic E-state index is 13.8. The van der Waals surface area contributed by atoms with Crippen LogP contribution < -0.4 is 0 Å². The zero-order chi connectivity index (χ0) is 22.3. The van der Waals surface area contributed by atoms with E-state index in [9.17, 15) is 14.9 Å².